The van der Waals surface area contributed by atoms with Crippen molar-refractivity contribution in [1.29, 1.82) is 0 Å². The number of amides is 1. The molecule has 2 aromatic carbocycles. The average Bonchev–Trinajstić information content (AvgIpc) is 2.60. The minimum Gasteiger partial charge on any atom is -0.312 e. The Morgan fingerprint density at radius 1 is 1.12 bits per heavy atom. The van der Waals surface area contributed by atoms with Crippen molar-refractivity contribution in [2.75, 3.05) is 11.9 Å². The molecule has 0 saturated carbocycles. The third-order valence-electron chi connectivity index (χ3n) is 3.67. The zero-order chi connectivity index (χ0) is 17.1. The smallest absolute Gasteiger partial charge is 0.250 e. The Balaban J connectivity index is 1.93. The minimum atomic E-state index is -0.150. The number of para-hydroxylation sites is 1. The summed E-state index contributed by atoms with van der Waals surface area (Å²) >= 11 is 12.2. The minimum absolute atomic E-state index is 0.150. The summed E-state index contributed by atoms with van der Waals surface area (Å²) in [6.45, 7) is 0. The Kier molecular flexibility index (Phi) is 4.84. The van der Waals surface area contributed by atoms with Crippen LogP contribution in [-0.4, -0.2) is 17.9 Å². The van der Waals surface area contributed by atoms with Crippen LogP contribution in [0.15, 0.2) is 60.8 Å². The number of halogens is 2. The highest BCUT2D eigenvalue weighted by Gasteiger charge is 2.09. The maximum absolute atomic E-state index is 12.4. The van der Waals surface area contributed by atoms with Crippen LogP contribution < -0.4 is 4.90 Å². The van der Waals surface area contributed by atoms with E-state index in [-0.39, 0.29) is 5.91 Å². The maximum atomic E-state index is 12.4. The zero-order valence-electron chi connectivity index (χ0n) is 12.9. The first-order chi connectivity index (χ1) is 11.6. The highest BCUT2D eigenvalue weighted by molar-refractivity contribution is 6.34. The summed E-state index contributed by atoms with van der Waals surface area (Å²) in [5.74, 6) is -0.150. The van der Waals surface area contributed by atoms with Crippen molar-refractivity contribution in [2.24, 2.45) is 0 Å². The Morgan fingerprint density at radius 2 is 1.88 bits per heavy atom. The number of hydrogen-bond acceptors (Lipinski definition) is 2. The molecule has 3 nitrogen and oxygen atoms in total. The van der Waals surface area contributed by atoms with E-state index in [2.05, 4.69) is 4.98 Å². The van der Waals surface area contributed by atoms with Gasteiger partial charge in [0.2, 0.25) is 0 Å². The number of fused-ring (bicyclic) bond motifs is 1. The van der Waals surface area contributed by atoms with Crippen LogP contribution in [0.25, 0.3) is 17.0 Å². The van der Waals surface area contributed by atoms with Crippen molar-refractivity contribution in [3.8, 4) is 0 Å². The van der Waals surface area contributed by atoms with Gasteiger partial charge in [-0.25, -0.2) is 0 Å². The zero-order valence-corrected chi connectivity index (χ0v) is 14.4. The molecule has 1 heterocycles. The SMILES string of the molecule is CN(C(=O)/C=C/c1c(Cl)ccc2cc(Cl)cnc12)c1ccccc1. The molecule has 1 amide bonds. The molecule has 3 rings (SSSR count). The number of nitrogens with zero attached hydrogens (tertiary/aromatic N) is 2. The largest absolute Gasteiger partial charge is 0.312 e. The lowest BCUT2D eigenvalue weighted by molar-refractivity contribution is -0.113. The first kappa shape index (κ1) is 16.5. The lowest BCUT2D eigenvalue weighted by Gasteiger charge is -2.14. The Labute approximate surface area is 150 Å². The Hall–Kier alpha value is -2.36. The molecule has 0 atom stereocenters. The first-order valence-corrected chi connectivity index (χ1v) is 8.06. The molecule has 0 saturated heterocycles. The fourth-order valence-corrected chi connectivity index (χ4v) is 2.76. The van der Waals surface area contributed by atoms with E-state index in [1.54, 1.807) is 30.3 Å². The number of anilines is 1. The van der Waals surface area contributed by atoms with Crippen molar-refractivity contribution in [1.82, 2.24) is 4.98 Å². The fraction of sp³-hybridized carbons (Fsp3) is 0.0526. The van der Waals surface area contributed by atoms with Crippen LogP contribution in [0.3, 0.4) is 0 Å². The molecule has 120 valence electrons. The van der Waals surface area contributed by atoms with Gasteiger partial charge < -0.3 is 4.90 Å². The van der Waals surface area contributed by atoms with Gasteiger partial charge in [0.1, 0.15) is 0 Å². The van der Waals surface area contributed by atoms with Crippen molar-refractivity contribution >= 4 is 51.8 Å². The summed E-state index contributed by atoms with van der Waals surface area (Å²) in [5.41, 5.74) is 2.22. The standard InChI is InChI=1S/C19H14Cl2N2O/c1-23(15-5-3-2-4-6-15)18(24)10-8-16-17(21)9-7-13-11-14(20)12-22-19(13)16/h2-12H,1H3/b10-8+. The molecule has 0 unspecified atom stereocenters. The summed E-state index contributed by atoms with van der Waals surface area (Å²) in [4.78, 5) is 18.3. The van der Waals surface area contributed by atoms with Crippen LogP contribution in [0, 0.1) is 0 Å². The molecule has 0 aliphatic carbocycles. The van der Waals surface area contributed by atoms with Crippen LogP contribution in [0.4, 0.5) is 5.69 Å². The quantitative estimate of drug-likeness (QED) is 0.603. The maximum Gasteiger partial charge on any atom is 0.250 e. The van der Waals surface area contributed by atoms with E-state index in [4.69, 9.17) is 23.2 Å². The van der Waals surface area contributed by atoms with Gasteiger partial charge in [0, 0.05) is 36.0 Å². The van der Waals surface area contributed by atoms with Crippen molar-refractivity contribution in [3.05, 3.63) is 76.4 Å². The topological polar surface area (TPSA) is 33.2 Å². The molecule has 0 bridgehead atoms. The van der Waals surface area contributed by atoms with Gasteiger partial charge in [-0.15, -0.1) is 0 Å². The highest BCUT2D eigenvalue weighted by Crippen LogP contribution is 2.27. The fourth-order valence-electron chi connectivity index (χ4n) is 2.38. The predicted molar refractivity (Wildman–Crippen MR) is 101 cm³/mol. The molecule has 0 aliphatic heterocycles. The van der Waals surface area contributed by atoms with Gasteiger partial charge in [-0.2, -0.15) is 0 Å². The second-order valence-corrected chi connectivity index (χ2v) is 6.10. The highest BCUT2D eigenvalue weighted by atomic mass is 35.5. The van der Waals surface area contributed by atoms with Crippen molar-refractivity contribution in [2.45, 2.75) is 0 Å². The van der Waals surface area contributed by atoms with E-state index in [1.165, 1.54) is 6.08 Å². The second kappa shape index (κ2) is 7.04. The van der Waals surface area contributed by atoms with Crippen LogP contribution in [0.5, 0.6) is 0 Å². The van der Waals surface area contributed by atoms with Crippen molar-refractivity contribution < 1.29 is 4.79 Å². The lowest BCUT2D eigenvalue weighted by Crippen LogP contribution is -2.23. The van der Waals surface area contributed by atoms with E-state index in [0.29, 0.717) is 21.1 Å². The summed E-state index contributed by atoms with van der Waals surface area (Å²) < 4.78 is 0. The van der Waals surface area contributed by atoms with Gasteiger partial charge in [-0.3, -0.25) is 9.78 Å². The van der Waals surface area contributed by atoms with Crippen LogP contribution in [0.2, 0.25) is 10.0 Å². The number of carbonyl (C=O) groups is 1. The number of carbonyl (C=O) groups excluding carboxylic acids is 1. The van der Waals surface area contributed by atoms with E-state index >= 15 is 0 Å². The molecular formula is C19H14Cl2N2O. The summed E-state index contributed by atoms with van der Waals surface area (Å²) in [5, 5.41) is 1.96. The molecule has 0 spiro atoms. The molecule has 5 heteroatoms. The number of pyridine rings is 1. The average molecular weight is 357 g/mol. The number of aromatic nitrogens is 1. The molecule has 3 aromatic rings. The number of benzene rings is 2. The molecule has 1 aromatic heterocycles. The van der Waals surface area contributed by atoms with Gasteiger partial charge in [-0.05, 0) is 30.3 Å². The van der Waals surface area contributed by atoms with Crippen LogP contribution in [0.1, 0.15) is 5.56 Å². The number of rotatable bonds is 3. The van der Waals surface area contributed by atoms with Gasteiger partial charge in [0.05, 0.1) is 15.6 Å². The Morgan fingerprint density at radius 3 is 2.62 bits per heavy atom. The molecular weight excluding hydrogens is 343 g/mol. The van der Waals surface area contributed by atoms with E-state index in [1.807, 2.05) is 42.5 Å². The van der Waals surface area contributed by atoms with E-state index < -0.39 is 0 Å². The predicted octanol–water partition coefficient (Wildman–Crippen LogP) is 5.22. The van der Waals surface area contributed by atoms with Crippen LogP contribution in [-0.2, 0) is 4.79 Å². The van der Waals surface area contributed by atoms with Gasteiger partial charge >= 0.3 is 0 Å². The van der Waals surface area contributed by atoms with Crippen molar-refractivity contribution in [3.63, 3.8) is 0 Å². The van der Waals surface area contributed by atoms with Crippen LogP contribution >= 0.6 is 23.2 Å². The lowest BCUT2D eigenvalue weighted by atomic mass is 10.1. The van der Waals surface area contributed by atoms with Gasteiger partial charge in [0.25, 0.3) is 5.91 Å². The first-order valence-electron chi connectivity index (χ1n) is 7.31. The molecule has 0 aliphatic rings. The molecule has 0 fully saturated rings. The summed E-state index contributed by atoms with van der Waals surface area (Å²) in [7, 11) is 1.73. The molecule has 24 heavy (non-hydrogen) atoms. The normalized spacial score (nSPS) is 11.1. The molecule has 0 N–H and O–H groups in total. The van der Waals surface area contributed by atoms with Gasteiger partial charge in [0.15, 0.2) is 0 Å². The van der Waals surface area contributed by atoms with Gasteiger partial charge in [-0.1, -0.05) is 47.5 Å². The number of hydrogen-bond donors (Lipinski definition) is 0. The Bertz CT molecular complexity index is 923. The van der Waals surface area contributed by atoms with E-state index in [9.17, 15) is 4.79 Å². The molecule has 0 radical (unpaired) electrons. The number of likely N-dealkylation sites (N-methyl/N-ethyl adjacent to an activating group) is 1. The second-order valence-electron chi connectivity index (χ2n) is 5.25. The summed E-state index contributed by atoms with van der Waals surface area (Å²) in [6.07, 6.45) is 4.74. The third kappa shape index (κ3) is 3.42. The third-order valence-corrected chi connectivity index (χ3v) is 4.21. The summed E-state index contributed by atoms with van der Waals surface area (Å²) in [6, 6.07) is 14.9. The monoisotopic (exact) mass is 356 g/mol. The van der Waals surface area contributed by atoms with E-state index in [0.717, 1.165) is 11.1 Å².